The van der Waals surface area contributed by atoms with Gasteiger partial charge in [0.25, 0.3) is 0 Å². The van der Waals surface area contributed by atoms with Gasteiger partial charge >= 0.3 is 0 Å². The number of nitrogens with one attached hydrogen (secondary N) is 1. The fourth-order valence-electron chi connectivity index (χ4n) is 3.04. The molecule has 23 heavy (non-hydrogen) atoms. The van der Waals surface area contributed by atoms with Crippen LogP contribution in [0.5, 0.6) is 0 Å². The van der Waals surface area contributed by atoms with Crippen LogP contribution in [0, 0.1) is 5.92 Å². The first-order valence-corrected chi connectivity index (χ1v) is 7.80. The highest BCUT2D eigenvalue weighted by Crippen LogP contribution is 2.20. The van der Waals surface area contributed by atoms with Crippen molar-refractivity contribution in [1.82, 2.24) is 14.8 Å². The molecule has 0 saturated carbocycles. The predicted molar refractivity (Wildman–Crippen MR) is 84.4 cm³/mol. The highest BCUT2D eigenvalue weighted by Gasteiger charge is 2.26. The van der Waals surface area contributed by atoms with Gasteiger partial charge in [-0.15, -0.1) is 0 Å². The van der Waals surface area contributed by atoms with E-state index in [0.717, 1.165) is 12.2 Å². The van der Waals surface area contributed by atoms with Crippen molar-refractivity contribution in [3.05, 3.63) is 48.2 Å². The molecule has 122 valence electrons. The smallest absolute Gasteiger partial charge is 0.230 e. The van der Waals surface area contributed by atoms with Crippen LogP contribution in [0.2, 0.25) is 0 Å². The number of rotatable bonds is 4. The molecule has 0 radical (unpaired) electrons. The van der Waals surface area contributed by atoms with Crippen LogP contribution in [0.15, 0.2) is 41.1 Å². The number of carbonyl (C=O) groups excluding carboxylic acids is 2. The van der Waals surface area contributed by atoms with Crippen LogP contribution in [-0.2, 0) is 29.1 Å². The first kappa shape index (κ1) is 15.4. The minimum absolute atomic E-state index is 0.00374. The lowest BCUT2D eigenvalue weighted by Gasteiger charge is -2.23. The summed E-state index contributed by atoms with van der Waals surface area (Å²) in [5, 5.41) is 2.66. The van der Waals surface area contributed by atoms with Gasteiger partial charge in [0.1, 0.15) is 5.76 Å². The van der Waals surface area contributed by atoms with Crippen molar-refractivity contribution in [3.8, 4) is 0 Å². The number of hydrogen-bond donors (Lipinski definition) is 1. The Kier molecular flexibility index (Phi) is 4.50. The molecule has 0 spiro atoms. The number of carbonyl (C=O) groups is 2. The number of fused-ring (bicyclic) bond motifs is 1. The predicted octanol–water partition coefficient (Wildman–Crippen LogP) is 1.42. The molecule has 0 aromatic carbocycles. The molecule has 0 bridgehead atoms. The lowest BCUT2D eigenvalue weighted by Crippen LogP contribution is -2.36. The van der Waals surface area contributed by atoms with Crippen molar-refractivity contribution in [2.24, 2.45) is 5.92 Å². The summed E-state index contributed by atoms with van der Waals surface area (Å²) in [6, 6.07) is 7.59. The van der Waals surface area contributed by atoms with E-state index in [9.17, 15) is 9.59 Å². The van der Waals surface area contributed by atoms with E-state index in [0.29, 0.717) is 25.3 Å². The largest absolute Gasteiger partial charge is 0.469 e. The summed E-state index contributed by atoms with van der Waals surface area (Å²) in [6.07, 6.45) is 4.25. The second kappa shape index (κ2) is 6.73. The molecule has 2 amide bonds. The first-order valence-electron chi connectivity index (χ1n) is 7.80. The Morgan fingerprint density at radius 1 is 1.30 bits per heavy atom. The topological polar surface area (TPSA) is 67.5 Å². The lowest BCUT2D eigenvalue weighted by atomic mass is 10.0. The fraction of sp³-hybridized carbons (Fsp3) is 0.412. The Balaban J connectivity index is 1.76. The van der Waals surface area contributed by atoms with Crippen LogP contribution in [0.1, 0.15) is 17.9 Å². The quantitative estimate of drug-likeness (QED) is 0.928. The van der Waals surface area contributed by atoms with E-state index in [-0.39, 0.29) is 24.2 Å². The summed E-state index contributed by atoms with van der Waals surface area (Å²) in [7, 11) is 1.64. The van der Waals surface area contributed by atoms with E-state index in [1.165, 1.54) is 0 Å². The summed E-state index contributed by atoms with van der Waals surface area (Å²) >= 11 is 0. The van der Waals surface area contributed by atoms with E-state index >= 15 is 0 Å². The molecule has 1 atom stereocenters. The average molecular weight is 315 g/mol. The molecule has 1 unspecified atom stereocenters. The van der Waals surface area contributed by atoms with Gasteiger partial charge in [0.2, 0.25) is 11.8 Å². The maximum absolute atomic E-state index is 12.6. The molecule has 2 aromatic heterocycles. The SMILES string of the molecule is CNC(=O)CC1CN(C(=O)Cc2ccco2)Cc2cccn2C1. The van der Waals surface area contributed by atoms with E-state index in [1.807, 2.05) is 23.2 Å². The van der Waals surface area contributed by atoms with Crippen molar-refractivity contribution in [2.75, 3.05) is 13.6 Å². The van der Waals surface area contributed by atoms with Crippen molar-refractivity contribution < 1.29 is 14.0 Å². The third-order valence-corrected chi connectivity index (χ3v) is 4.22. The van der Waals surface area contributed by atoms with Gasteiger partial charge in [-0.05, 0) is 24.3 Å². The third kappa shape index (κ3) is 3.64. The Bertz CT molecular complexity index is 675. The van der Waals surface area contributed by atoms with E-state index < -0.39 is 0 Å². The minimum Gasteiger partial charge on any atom is -0.469 e. The van der Waals surface area contributed by atoms with E-state index in [4.69, 9.17) is 4.42 Å². The van der Waals surface area contributed by atoms with Gasteiger partial charge in [0, 0.05) is 44.4 Å². The number of hydrogen-bond acceptors (Lipinski definition) is 3. The van der Waals surface area contributed by atoms with Gasteiger partial charge in [-0.3, -0.25) is 9.59 Å². The van der Waals surface area contributed by atoms with Crippen LogP contribution in [0.3, 0.4) is 0 Å². The molecule has 3 heterocycles. The highest BCUT2D eigenvalue weighted by molar-refractivity contribution is 5.78. The molecule has 1 aliphatic rings. The molecule has 1 aliphatic heterocycles. The van der Waals surface area contributed by atoms with Crippen LogP contribution in [-0.4, -0.2) is 34.9 Å². The molecule has 6 heteroatoms. The Hall–Kier alpha value is -2.50. The highest BCUT2D eigenvalue weighted by atomic mass is 16.3. The van der Waals surface area contributed by atoms with Gasteiger partial charge in [-0.1, -0.05) is 0 Å². The zero-order chi connectivity index (χ0) is 16.2. The van der Waals surface area contributed by atoms with Gasteiger partial charge in [-0.2, -0.15) is 0 Å². The summed E-state index contributed by atoms with van der Waals surface area (Å²) in [6.45, 7) is 1.89. The van der Waals surface area contributed by atoms with Crippen LogP contribution in [0.25, 0.3) is 0 Å². The monoisotopic (exact) mass is 315 g/mol. The molecular formula is C17H21N3O3. The van der Waals surface area contributed by atoms with E-state index in [2.05, 4.69) is 9.88 Å². The Labute approximate surface area is 135 Å². The number of nitrogens with zero attached hydrogens (tertiary/aromatic N) is 2. The van der Waals surface area contributed by atoms with Gasteiger partial charge in [0.05, 0.1) is 19.2 Å². The van der Waals surface area contributed by atoms with Crippen molar-refractivity contribution in [1.29, 1.82) is 0 Å². The van der Waals surface area contributed by atoms with Crippen LogP contribution < -0.4 is 5.32 Å². The lowest BCUT2D eigenvalue weighted by molar-refractivity contribution is -0.132. The average Bonchev–Trinajstić information content (AvgIpc) is 3.16. The Morgan fingerprint density at radius 2 is 2.17 bits per heavy atom. The maximum Gasteiger partial charge on any atom is 0.230 e. The zero-order valence-electron chi connectivity index (χ0n) is 13.2. The minimum atomic E-state index is 0.00374. The van der Waals surface area contributed by atoms with Gasteiger partial charge in [0.15, 0.2) is 0 Å². The molecule has 2 aromatic rings. The van der Waals surface area contributed by atoms with Crippen molar-refractivity contribution in [2.45, 2.75) is 25.9 Å². The number of amides is 2. The molecule has 0 saturated heterocycles. The van der Waals surface area contributed by atoms with Gasteiger partial charge in [-0.25, -0.2) is 0 Å². The summed E-state index contributed by atoms with van der Waals surface area (Å²) < 4.78 is 7.41. The summed E-state index contributed by atoms with van der Waals surface area (Å²) in [4.78, 5) is 26.2. The normalized spacial score (nSPS) is 17.4. The van der Waals surface area contributed by atoms with Crippen molar-refractivity contribution in [3.63, 3.8) is 0 Å². The summed E-state index contributed by atoms with van der Waals surface area (Å²) in [5.74, 6) is 0.794. The first-order chi connectivity index (χ1) is 11.2. The molecule has 1 N–H and O–H groups in total. The maximum atomic E-state index is 12.6. The zero-order valence-corrected chi connectivity index (χ0v) is 13.2. The molecule has 0 fully saturated rings. The molecule has 3 rings (SSSR count). The standard InChI is InChI=1S/C17H21N3O3/c1-18-16(21)8-13-10-19-6-2-4-14(19)12-20(11-13)17(22)9-15-5-3-7-23-15/h2-7,13H,8-12H2,1H3,(H,18,21). The molecule has 0 aliphatic carbocycles. The van der Waals surface area contributed by atoms with Crippen LogP contribution in [0.4, 0.5) is 0 Å². The second-order valence-corrected chi connectivity index (χ2v) is 5.93. The third-order valence-electron chi connectivity index (χ3n) is 4.22. The van der Waals surface area contributed by atoms with E-state index in [1.54, 1.807) is 25.4 Å². The second-order valence-electron chi connectivity index (χ2n) is 5.93. The molecule has 6 nitrogen and oxygen atoms in total. The number of furan rings is 1. The fourth-order valence-corrected chi connectivity index (χ4v) is 3.04. The summed E-state index contributed by atoms with van der Waals surface area (Å²) in [5.41, 5.74) is 1.09. The van der Waals surface area contributed by atoms with Gasteiger partial charge < -0.3 is 19.2 Å². The Morgan fingerprint density at radius 3 is 2.91 bits per heavy atom. The number of aromatic nitrogens is 1. The van der Waals surface area contributed by atoms with Crippen LogP contribution >= 0.6 is 0 Å². The molecular weight excluding hydrogens is 294 g/mol. The van der Waals surface area contributed by atoms with Crippen molar-refractivity contribution >= 4 is 11.8 Å².